The highest BCUT2D eigenvalue weighted by atomic mass is 32.1. The van der Waals surface area contributed by atoms with E-state index in [1.54, 1.807) is 18.2 Å². The highest BCUT2D eigenvalue weighted by Crippen LogP contribution is 2.40. The van der Waals surface area contributed by atoms with Crippen molar-refractivity contribution >= 4 is 34.0 Å². The van der Waals surface area contributed by atoms with E-state index in [1.165, 1.54) is 32.5 Å². The highest BCUT2D eigenvalue weighted by molar-refractivity contribution is 7.17. The zero-order valence-corrected chi connectivity index (χ0v) is 18.3. The number of thiophene rings is 1. The van der Waals surface area contributed by atoms with Gasteiger partial charge in [0.2, 0.25) is 0 Å². The summed E-state index contributed by atoms with van der Waals surface area (Å²) in [6.07, 6.45) is 2.68. The maximum Gasteiger partial charge on any atom is 0.341 e. The van der Waals surface area contributed by atoms with Gasteiger partial charge in [-0.15, -0.1) is 11.3 Å². The van der Waals surface area contributed by atoms with Gasteiger partial charge in [-0.3, -0.25) is 9.59 Å². The van der Waals surface area contributed by atoms with E-state index < -0.39 is 11.9 Å². The van der Waals surface area contributed by atoms with Crippen molar-refractivity contribution in [2.24, 2.45) is 5.92 Å². The Hall–Kier alpha value is -2.87. The SMILES string of the molecule is COC(=O)c1c(NC(=O)COc2ccc(C(C)=O)cc2OC)sc2c1CCC(C)C2. The molecule has 1 unspecified atom stereocenters. The fourth-order valence-electron chi connectivity index (χ4n) is 3.47. The Morgan fingerprint density at radius 2 is 1.97 bits per heavy atom. The second-order valence-corrected chi connectivity index (χ2v) is 8.41. The summed E-state index contributed by atoms with van der Waals surface area (Å²) >= 11 is 1.42. The van der Waals surface area contributed by atoms with Gasteiger partial charge in [-0.2, -0.15) is 0 Å². The minimum absolute atomic E-state index is 0.0936. The standard InChI is InChI=1S/C22H25NO6S/c1-12-5-7-15-18(9-12)30-21(20(15)22(26)28-4)23-19(25)11-29-16-8-6-14(13(2)24)10-17(16)27-3/h6,8,10,12H,5,7,9,11H2,1-4H3,(H,23,25). The van der Waals surface area contributed by atoms with E-state index in [4.69, 9.17) is 14.2 Å². The number of Topliss-reactive ketones (excluding diaryl/α,β-unsaturated/α-hetero) is 1. The molecule has 1 aromatic carbocycles. The Bertz CT molecular complexity index is 980. The number of nitrogens with one attached hydrogen (secondary N) is 1. The van der Waals surface area contributed by atoms with Crippen LogP contribution in [0.2, 0.25) is 0 Å². The molecule has 1 N–H and O–H groups in total. The molecule has 160 valence electrons. The van der Waals surface area contributed by atoms with E-state index in [0.717, 1.165) is 29.7 Å². The van der Waals surface area contributed by atoms with Crippen LogP contribution in [0.15, 0.2) is 18.2 Å². The van der Waals surface area contributed by atoms with E-state index in [2.05, 4.69) is 12.2 Å². The molecule has 1 aromatic heterocycles. The molecule has 0 spiro atoms. The number of fused-ring (bicyclic) bond motifs is 1. The van der Waals surface area contributed by atoms with E-state index in [1.807, 2.05) is 0 Å². The van der Waals surface area contributed by atoms with Crippen LogP contribution >= 0.6 is 11.3 Å². The molecule has 7 nitrogen and oxygen atoms in total. The van der Waals surface area contributed by atoms with Crippen LogP contribution in [0.5, 0.6) is 11.5 Å². The molecule has 0 fully saturated rings. The van der Waals surface area contributed by atoms with Gasteiger partial charge < -0.3 is 19.5 Å². The number of hydrogen-bond donors (Lipinski definition) is 1. The van der Waals surface area contributed by atoms with Crippen molar-refractivity contribution in [3.63, 3.8) is 0 Å². The van der Waals surface area contributed by atoms with Crippen LogP contribution < -0.4 is 14.8 Å². The molecule has 0 saturated heterocycles. The zero-order chi connectivity index (χ0) is 21.8. The lowest BCUT2D eigenvalue weighted by atomic mass is 9.88. The summed E-state index contributed by atoms with van der Waals surface area (Å²) in [6.45, 7) is 3.37. The molecule has 1 aliphatic rings. The summed E-state index contributed by atoms with van der Waals surface area (Å²) in [5.74, 6) is 0.323. The van der Waals surface area contributed by atoms with E-state index in [0.29, 0.717) is 33.5 Å². The van der Waals surface area contributed by atoms with Crippen LogP contribution in [0.4, 0.5) is 5.00 Å². The molecule has 3 rings (SSSR count). The van der Waals surface area contributed by atoms with Crippen molar-refractivity contribution in [2.75, 3.05) is 26.1 Å². The minimum atomic E-state index is -0.445. The van der Waals surface area contributed by atoms with E-state index in [-0.39, 0.29) is 12.4 Å². The third-order valence-corrected chi connectivity index (χ3v) is 6.25. The van der Waals surface area contributed by atoms with E-state index >= 15 is 0 Å². The number of carbonyl (C=O) groups excluding carboxylic acids is 3. The maximum atomic E-state index is 12.5. The van der Waals surface area contributed by atoms with Crippen molar-refractivity contribution in [2.45, 2.75) is 33.1 Å². The molecule has 1 aliphatic carbocycles. The number of esters is 1. The number of methoxy groups -OCH3 is 2. The molecule has 1 heterocycles. The smallest absolute Gasteiger partial charge is 0.341 e. The van der Waals surface area contributed by atoms with Crippen molar-refractivity contribution < 1.29 is 28.6 Å². The molecule has 0 bridgehead atoms. The molecule has 0 saturated carbocycles. The monoisotopic (exact) mass is 431 g/mol. The van der Waals surface area contributed by atoms with E-state index in [9.17, 15) is 14.4 Å². The molecule has 0 aliphatic heterocycles. The Morgan fingerprint density at radius 1 is 1.20 bits per heavy atom. The Kier molecular flexibility index (Phi) is 6.77. The second kappa shape index (κ2) is 9.30. The molecule has 8 heteroatoms. The number of ether oxygens (including phenoxy) is 3. The first-order valence-corrected chi connectivity index (χ1v) is 10.5. The lowest BCUT2D eigenvalue weighted by Gasteiger charge is -2.18. The molecule has 1 amide bonds. The lowest BCUT2D eigenvalue weighted by molar-refractivity contribution is -0.118. The lowest BCUT2D eigenvalue weighted by Crippen LogP contribution is -2.21. The number of benzene rings is 1. The average molecular weight is 432 g/mol. The number of hydrogen-bond acceptors (Lipinski definition) is 7. The molecule has 0 radical (unpaired) electrons. The fourth-order valence-corrected chi connectivity index (χ4v) is 4.88. The van der Waals surface area contributed by atoms with Gasteiger partial charge in [0.25, 0.3) is 5.91 Å². The normalized spacial score (nSPS) is 15.1. The van der Waals surface area contributed by atoms with Gasteiger partial charge in [-0.1, -0.05) is 6.92 Å². The van der Waals surface area contributed by atoms with Gasteiger partial charge in [-0.25, -0.2) is 4.79 Å². The largest absolute Gasteiger partial charge is 0.493 e. The molecule has 1 atom stereocenters. The number of ketones is 1. The molecular weight excluding hydrogens is 406 g/mol. The Balaban J connectivity index is 1.74. The zero-order valence-electron chi connectivity index (χ0n) is 17.5. The fraction of sp³-hybridized carbons (Fsp3) is 0.409. The number of carbonyl (C=O) groups is 3. The van der Waals surface area contributed by atoms with Crippen LogP contribution in [0, 0.1) is 5.92 Å². The summed E-state index contributed by atoms with van der Waals surface area (Å²) in [6, 6.07) is 4.77. The molecule has 30 heavy (non-hydrogen) atoms. The number of amides is 1. The Morgan fingerprint density at radius 3 is 2.63 bits per heavy atom. The van der Waals surface area contributed by atoms with Crippen molar-refractivity contribution in [1.29, 1.82) is 0 Å². The first kappa shape index (κ1) is 21.8. The summed E-state index contributed by atoms with van der Waals surface area (Å²) in [7, 11) is 2.80. The van der Waals surface area contributed by atoms with Crippen molar-refractivity contribution in [3.8, 4) is 11.5 Å². The maximum absolute atomic E-state index is 12.5. The summed E-state index contributed by atoms with van der Waals surface area (Å²) < 4.78 is 15.8. The minimum Gasteiger partial charge on any atom is -0.493 e. The van der Waals surface area contributed by atoms with Crippen LogP contribution in [0.25, 0.3) is 0 Å². The first-order valence-electron chi connectivity index (χ1n) is 9.68. The van der Waals surface area contributed by atoms with Crippen LogP contribution in [0.3, 0.4) is 0 Å². The predicted molar refractivity (Wildman–Crippen MR) is 114 cm³/mol. The van der Waals surface area contributed by atoms with Gasteiger partial charge in [-0.05, 0) is 55.9 Å². The summed E-state index contributed by atoms with van der Waals surface area (Å²) in [5, 5.41) is 3.29. The molecular formula is C22H25NO6S. The quantitative estimate of drug-likeness (QED) is 0.528. The van der Waals surface area contributed by atoms with Gasteiger partial charge >= 0.3 is 5.97 Å². The Labute approximate surface area is 179 Å². The van der Waals surface area contributed by atoms with Crippen LogP contribution in [-0.2, 0) is 22.4 Å². The average Bonchev–Trinajstić information content (AvgIpc) is 3.07. The third kappa shape index (κ3) is 4.64. The second-order valence-electron chi connectivity index (χ2n) is 7.31. The number of anilines is 1. The highest BCUT2D eigenvalue weighted by Gasteiger charge is 2.29. The summed E-state index contributed by atoms with van der Waals surface area (Å²) in [5.41, 5.74) is 1.91. The predicted octanol–water partition coefficient (Wildman–Crippen LogP) is 3.89. The van der Waals surface area contributed by atoms with Crippen LogP contribution in [-0.4, -0.2) is 38.5 Å². The summed E-state index contributed by atoms with van der Waals surface area (Å²) in [4.78, 5) is 37.5. The van der Waals surface area contributed by atoms with Gasteiger partial charge in [0.05, 0.1) is 19.8 Å². The number of rotatable bonds is 7. The first-order chi connectivity index (χ1) is 14.3. The van der Waals surface area contributed by atoms with Crippen molar-refractivity contribution in [3.05, 3.63) is 39.8 Å². The van der Waals surface area contributed by atoms with Gasteiger partial charge in [0, 0.05) is 10.4 Å². The van der Waals surface area contributed by atoms with Gasteiger partial charge in [0.15, 0.2) is 23.9 Å². The molecule has 2 aromatic rings. The topological polar surface area (TPSA) is 90.9 Å². The van der Waals surface area contributed by atoms with Gasteiger partial charge in [0.1, 0.15) is 5.00 Å². The third-order valence-electron chi connectivity index (χ3n) is 5.08. The van der Waals surface area contributed by atoms with Crippen molar-refractivity contribution in [1.82, 2.24) is 0 Å². The van der Waals surface area contributed by atoms with Crippen LogP contribution in [0.1, 0.15) is 51.4 Å².